The van der Waals surface area contributed by atoms with Crippen LogP contribution in [-0.4, -0.2) is 22.5 Å². The Morgan fingerprint density at radius 3 is 1.83 bits per heavy atom. The van der Waals surface area contributed by atoms with Crippen molar-refractivity contribution in [3.8, 4) is 0 Å². The van der Waals surface area contributed by atoms with E-state index in [9.17, 15) is 0 Å². The summed E-state index contributed by atoms with van der Waals surface area (Å²) < 4.78 is 0. The number of thioether (sulfide) groups is 2. The Bertz CT molecular complexity index is 270. The molecule has 6 heteroatoms. The van der Waals surface area contributed by atoms with Crippen molar-refractivity contribution in [1.29, 1.82) is 0 Å². The second-order valence-corrected chi connectivity index (χ2v) is 4.13. The molecule has 0 aliphatic carbocycles. The molecular formula is C6H6Cl2N2S2. The molecule has 0 saturated heterocycles. The van der Waals surface area contributed by atoms with Crippen LogP contribution < -0.4 is 0 Å². The minimum absolute atomic E-state index is 0.423. The first-order chi connectivity index (χ1) is 5.69. The number of rotatable bonds is 2. The van der Waals surface area contributed by atoms with Gasteiger partial charge in [0.1, 0.15) is 10.3 Å². The van der Waals surface area contributed by atoms with Gasteiger partial charge in [-0.2, -0.15) is 0 Å². The second kappa shape index (κ2) is 4.56. The molecule has 66 valence electrons. The SMILES string of the molecule is CSc1nc(Cl)c(SC)c(Cl)n1. The highest BCUT2D eigenvalue weighted by molar-refractivity contribution is 7.99. The van der Waals surface area contributed by atoms with Crippen molar-refractivity contribution in [1.82, 2.24) is 9.97 Å². The molecule has 0 fully saturated rings. The molecule has 1 heterocycles. The number of hydrogen-bond acceptors (Lipinski definition) is 4. The van der Waals surface area contributed by atoms with Gasteiger partial charge in [-0.1, -0.05) is 35.0 Å². The van der Waals surface area contributed by atoms with Crippen LogP contribution in [0.15, 0.2) is 10.1 Å². The monoisotopic (exact) mass is 240 g/mol. The maximum absolute atomic E-state index is 5.84. The lowest BCUT2D eigenvalue weighted by Crippen LogP contribution is -1.90. The molecule has 0 bridgehead atoms. The van der Waals surface area contributed by atoms with Gasteiger partial charge in [0, 0.05) is 0 Å². The zero-order valence-corrected chi connectivity index (χ0v) is 9.61. The van der Waals surface area contributed by atoms with Gasteiger partial charge in [-0.3, -0.25) is 0 Å². The molecule has 0 unspecified atom stereocenters. The van der Waals surface area contributed by atoms with Crippen LogP contribution in [0.4, 0.5) is 0 Å². The van der Waals surface area contributed by atoms with Gasteiger partial charge in [0.15, 0.2) is 5.16 Å². The fraction of sp³-hybridized carbons (Fsp3) is 0.333. The zero-order valence-electron chi connectivity index (χ0n) is 6.47. The summed E-state index contributed by atoms with van der Waals surface area (Å²) in [5, 5.41) is 1.45. The molecule has 0 aliphatic rings. The molecule has 0 atom stereocenters. The van der Waals surface area contributed by atoms with Crippen LogP contribution in [0.3, 0.4) is 0 Å². The highest BCUT2D eigenvalue weighted by atomic mass is 35.5. The summed E-state index contributed by atoms with van der Waals surface area (Å²) in [4.78, 5) is 8.80. The third-order valence-electron chi connectivity index (χ3n) is 1.15. The fourth-order valence-electron chi connectivity index (χ4n) is 0.639. The molecule has 0 aliphatic heterocycles. The predicted octanol–water partition coefficient (Wildman–Crippen LogP) is 3.23. The van der Waals surface area contributed by atoms with E-state index in [0.717, 1.165) is 4.90 Å². The van der Waals surface area contributed by atoms with E-state index in [1.54, 1.807) is 0 Å². The van der Waals surface area contributed by atoms with Gasteiger partial charge in [0.05, 0.1) is 4.90 Å². The molecule has 2 nitrogen and oxygen atoms in total. The van der Waals surface area contributed by atoms with E-state index in [2.05, 4.69) is 9.97 Å². The number of nitrogens with zero attached hydrogens (tertiary/aromatic N) is 2. The number of aromatic nitrogens is 2. The van der Waals surface area contributed by atoms with E-state index < -0.39 is 0 Å². The van der Waals surface area contributed by atoms with Gasteiger partial charge in [0.2, 0.25) is 0 Å². The summed E-state index contributed by atoms with van der Waals surface area (Å²) in [5.74, 6) is 0. The average molecular weight is 241 g/mol. The maximum atomic E-state index is 5.84. The Kier molecular flexibility index (Phi) is 3.96. The molecule has 1 aromatic heterocycles. The topological polar surface area (TPSA) is 25.8 Å². The van der Waals surface area contributed by atoms with Crippen LogP contribution in [0, 0.1) is 0 Å². The zero-order chi connectivity index (χ0) is 9.14. The highest BCUT2D eigenvalue weighted by Crippen LogP contribution is 2.31. The smallest absolute Gasteiger partial charge is 0.190 e. The first-order valence-electron chi connectivity index (χ1n) is 3.00. The standard InChI is InChI=1S/C6H6Cl2N2S2/c1-11-3-4(7)9-6(12-2)10-5(3)8/h1-2H3. The van der Waals surface area contributed by atoms with E-state index in [-0.39, 0.29) is 0 Å². The Labute approximate surface area is 89.5 Å². The van der Waals surface area contributed by atoms with Crippen LogP contribution in [0.5, 0.6) is 0 Å². The van der Waals surface area contributed by atoms with Gasteiger partial charge in [-0.25, -0.2) is 9.97 Å². The minimum Gasteiger partial charge on any atom is -0.209 e. The molecule has 1 aromatic rings. The van der Waals surface area contributed by atoms with Gasteiger partial charge >= 0.3 is 0 Å². The van der Waals surface area contributed by atoms with Crippen molar-refractivity contribution in [2.75, 3.05) is 12.5 Å². The molecule has 0 radical (unpaired) electrons. The molecule has 12 heavy (non-hydrogen) atoms. The Balaban J connectivity index is 3.18. The third-order valence-corrected chi connectivity index (χ3v) is 3.26. The van der Waals surface area contributed by atoms with E-state index in [4.69, 9.17) is 23.2 Å². The number of hydrogen-bond donors (Lipinski definition) is 0. The van der Waals surface area contributed by atoms with Crippen LogP contribution in [-0.2, 0) is 0 Å². The second-order valence-electron chi connectivity index (χ2n) is 1.83. The lowest BCUT2D eigenvalue weighted by atomic mass is 10.7. The van der Waals surface area contributed by atoms with Crippen molar-refractivity contribution in [2.45, 2.75) is 10.1 Å². The molecular weight excluding hydrogens is 235 g/mol. The Morgan fingerprint density at radius 2 is 1.50 bits per heavy atom. The molecule has 0 N–H and O–H groups in total. The lowest BCUT2D eigenvalue weighted by Gasteiger charge is -2.02. The lowest BCUT2D eigenvalue weighted by molar-refractivity contribution is 0.935. The van der Waals surface area contributed by atoms with Crippen LogP contribution >= 0.6 is 46.7 Å². The summed E-state index contributed by atoms with van der Waals surface area (Å²) in [6.07, 6.45) is 3.76. The molecule has 0 saturated carbocycles. The van der Waals surface area contributed by atoms with Crippen molar-refractivity contribution < 1.29 is 0 Å². The van der Waals surface area contributed by atoms with Crippen LogP contribution in [0.25, 0.3) is 0 Å². The van der Waals surface area contributed by atoms with Crippen LogP contribution in [0.2, 0.25) is 10.3 Å². The van der Waals surface area contributed by atoms with Crippen molar-refractivity contribution in [3.63, 3.8) is 0 Å². The Hall–Kier alpha value is 0.360. The summed E-state index contributed by atoms with van der Waals surface area (Å²) in [6.45, 7) is 0. The van der Waals surface area contributed by atoms with E-state index >= 15 is 0 Å². The molecule has 0 amide bonds. The normalized spacial score (nSPS) is 10.3. The van der Waals surface area contributed by atoms with E-state index in [1.807, 2.05) is 12.5 Å². The van der Waals surface area contributed by atoms with Crippen molar-refractivity contribution in [3.05, 3.63) is 10.3 Å². The first-order valence-corrected chi connectivity index (χ1v) is 6.20. The fourth-order valence-corrected chi connectivity index (χ4v) is 2.38. The first kappa shape index (κ1) is 10.4. The van der Waals surface area contributed by atoms with E-state index in [1.165, 1.54) is 23.5 Å². The van der Waals surface area contributed by atoms with Gasteiger partial charge in [-0.15, -0.1) is 11.8 Å². The predicted molar refractivity (Wildman–Crippen MR) is 55.6 cm³/mol. The van der Waals surface area contributed by atoms with Gasteiger partial charge < -0.3 is 0 Å². The van der Waals surface area contributed by atoms with Crippen molar-refractivity contribution >= 4 is 46.7 Å². The Morgan fingerprint density at radius 1 is 1.00 bits per heavy atom. The summed E-state index contributed by atoms with van der Waals surface area (Å²) in [7, 11) is 0. The molecule has 0 spiro atoms. The van der Waals surface area contributed by atoms with Gasteiger partial charge in [-0.05, 0) is 12.5 Å². The third kappa shape index (κ3) is 2.19. The summed E-state index contributed by atoms with van der Waals surface area (Å²) >= 11 is 14.5. The molecule has 0 aromatic carbocycles. The maximum Gasteiger partial charge on any atom is 0.190 e. The summed E-state index contributed by atoms with van der Waals surface area (Å²) in [6, 6.07) is 0. The quantitative estimate of drug-likeness (QED) is 0.451. The molecule has 1 rings (SSSR count). The average Bonchev–Trinajstić information content (AvgIpc) is 2.03. The largest absolute Gasteiger partial charge is 0.209 e. The number of halogens is 2. The summed E-state index contributed by atoms with van der Waals surface area (Å²) in [5.41, 5.74) is 0. The van der Waals surface area contributed by atoms with Crippen LogP contribution in [0.1, 0.15) is 0 Å². The highest BCUT2D eigenvalue weighted by Gasteiger charge is 2.09. The van der Waals surface area contributed by atoms with Crippen molar-refractivity contribution in [2.24, 2.45) is 0 Å². The van der Waals surface area contributed by atoms with Gasteiger partial charge in [0.25, 0.3) is 0 Å². The van der Waals surface area contributed by atoms with E-state index in [0.29, 0.717) is 15.5 Å². The minimum atomic E-state index is 0.423.